The second kappa shape index (κ2) is 4.48. The van der Waals surface area contributed by atoms with Crippen molar-refractivity contribution < 1.29 is 0 Å². The molecule has 0 aromatic carbocycles. The van der Waals surface area contributed by atoms with Crippen LogP contribution in [0.1, 0.15) is 11.3 Å². The van der Waals surface area contributed by atoms with Crippen LogP contribution in [0.5, 0.6) is 0 Å². The number of nitrogens with zero attached hydrogens (tertiary/aromatic N) is 5. The second-order valence-corrected chi connectivity index (χ2v) is 4.87. The third kappa shape index (κ3) is 2.05. The molecule has 6 heteroatoms. The number of nitrogens with two attached hydrogens (primary N) is 1. The van der Waals surface area contributed by atoms with Crippen molar-refractivity contribution in [3.8, 4) is 17.1 Å². The van der Waals surface area contributed by atoms with Crippen molar-refractivity contribution in [3.63, 3.8) is 0 Å². The molecule has 2 N–H and O–H groups in total. The first-order chi connectivity index (χ1) is 9.54. The van der Waals surface area contributed by atoms with Gasteiger partial charge in [-0.3, -0.25) is 4.68 Å². The molecule has 20 heavy (non-hydrogen) atoms. The first-order valence-electron chi connectivity index (χ1n) is 6.33. The van der Waals surface area contributed by atoms with Gasteiger partial charge in [-0.1, -0.05) is 0 Å². The SMILES string of the molecule is Cc1ccnc(-n2cc(N)c(-c3cn(C)nc3C)n2)c1. The van der Waals surface area contributed by atoms with Crippen LogP contribution >= 0.6 is 0 Å². The molecule has 0 saturated heterocycles. The summed E-state index contributed by atoms with van der Waals surface area (Å²) in [6.45, 7) is 3.96. The maximum Gasteiger partial charge on any atom is 0.153 e. The molecule has 0 amide bonds. The highest BCUT2D eigenvalue weighted by molar-refractivity contribution is 5.73. The number of aryl methyl sites for hydroxylation is 3. The molecule has 3 aromatic heterocycles. The van der Waals surface area contributed by atoms with Gasteiger partial charge in [-0.15, -0.1) is 0 Å². The maximum atomic E-state index is 6.08. The highest BCUT2D eigenvalue weighted by atomic mass is 15.3. The van der Waals surface area contributed by atoms with Crippen molar-refractivity contribution >= 4 is 5.69 Å². The topological polar surface area (TPSA) is 74.6 Å². The Morgan fingerprint density at radius 2 is 1.95 bits per heavy atom. The van der Waals surface area contributed by atoms with Gasteiger partial charge in [0.2, 0.25) is 0 Å². The molecule has 0 fully saturated rings. The summed E-state index contributed by atoms with van der Waals surface area (Å²) in [7, 11) is 1.88. The lowest BCUT2D eigenvalue weighted by atomic mass is 10.2. The Kier molecular flexibility index (Phi) is 2.78. The van der Waals surface area contributed by atoms with Crippen LogP contribution in [0.2, 0.25) is 0 Å². The molecule has 0 radical (unpaired) electrons. The van der Waals surface area contributed by atoms with E-state index in [1.54, 1.807) is 21.8 Å². The standard InChI is InChI=1S/C14H16N6/c1-9-4-5-16-13(6-9)20-8-12(15)14(18-20)11-7-19(3)17-10(11)2/h4-8H,15H2,1-3H3. The van der Waals surface area contributed by atoms with E-state index in [4.69, 9.17) is 5.73 Å². The molecule has 3 heterocycles. The van der Waals surface area contributed by atoms with Crippen LogP contribution in [0.3, 0.4) is 0 Å². The smallest absolute Gasteiger partial charge is 0.153 e. The molecule has 0 atom stereocenters. The zero-order valence-corrected chi connectivity index (χ0v) is 11.7. The van der Waals surface area contributed by atoms with E-state index in [9.17, 15) is 0 Å². The number of hydrogen-bond donors (Lipinski definition) is 1. The van der Waals surface area contributed by atoms with Gasteiger partial charge in [-0.2, -0.15) is 10.2 Å². The summed E-state index contributed by atoms with van der Waals surface area (Å²) in [6.07, 6.45) is 5.46. The van der Waals surface area contributed by atoms with Crippen LogP contribution in [-0.2, 0) is 7.05 Å². The van der Waals surface area contributed by atoms with Crippen LogP contribution in [0.15, 0.2) is 30.7 Å². The van der Waals surface area contributed by atoms with Crippen molar-refractivity contribution in [2.75, 3.05) is 5.73 Å². The van der Waals surface area contributed by atoms with Crippen molar-refractivity contribution in [1.29, 1.82) is 0 Å². The fraction of sp³-hybridized carbons (Fsp3) is 0.214. The fourth-order valence-electron chi connectivity index (χ4n) is 2.19. The third-order valence-corrected chi connectivity index (χ3v) is 3.15. The zero-order chi connectivity index (χ0) is 14.3. The molecule has 0 saturated carbocycles. The maximum absolute atomic E-state index is 6.08. The monoisotopic (exact) mass is 268 g/mol. The predicted molar refractivity (Wildman–Crippen MR) is 77.4 cm³/mol. The Morgan fingerprint density at radius 3 is 2.60 bits per heavy atom. The minimum Gasteiger partial charge on any atom is -0.396 e. The van der Waals surface area contributed by atoms with Gasteiger partial charge in [0.15, 0.2) is 5.82 Å². The number of nitrogen functional groups attached to an aromatic ring is 1. The van der Waals surface area contributed by atoms with Gasteiger partial charge < -0.3 is 5.73 Å². The van der Waals surface area contributed by atoms with Gasteiger partial charge in [0.25, 0.3) is 0 Å². The van der Waals surface area contributed by atoms with Gasteiger partial charge >= 0.3 is 0 Å². The normalized spacial score (nSPS) is 10.9. The summed E-state index contributed by atoms with van der Waals surface area (Å²) in [5, 5.41) is 8.86. The molecule has 0 aliphatic heterocycles. The molecule has 0 unspecified atom stereocenters. The second-order valence-electron chi connectivity index (χ2n) is 4.87. The molecule has 3 rings (SSSR count). The lowest BCUT2D eigenvalue weighted by Gasteiger charge is -2.00. The van der Waals surface area contributed by atoms with Crippen LogP contribution in [-0.4, -0.2) is 24.5 Å². The highest BCUT2D eigenvalue weighted by Crippen LogP contribution is 2.27. The lowest BCUT2D eigenvalue weighted by molar-refractivity contribution is 0.756. The quantitative estimate of drug-likeness (QED) is 0.770. The van der Waals surface area contributed by atoms with Gasteiger partial charge in [0, 0.05) is 25.0 Å². The van der Waals surface area contributed by atoms with E-state index >= 15 is 0 Å². The third-order valence-electron chi connectivity index (χ3n) is 3.15. The largest absolute Gasteiger partial charge is 0.396 e. The Labute approximate surface area is 116 Å². The number of aromatic nitrogens is 5. The Balaban J connectivity index is 2.10. The molecular weight excluding hydrogens is 252 g/mol. The highest BCUT2D eigenvalue weighted by Gasteiger charge is 2.14. The predicted octanol–water partition coefficient (Wildman–Crippen LogP) is 1.87. The average Bonchev–Trinajstić information content (AvgIpc) is 2.92. The summed E-state index contributed by atoms with van der Waals surface area (Å²) in [6, 6.07) is 3.91. The molecule has 3 aromatic rings. The van der Waals surface area contributed by atoms with E-state index in [-0.39, 0.29) is 0 Å². The molecule has 0 bridgehead atoms. The number of rotatable bonds is 2. The zero-order valence-electron chi connectivity index (χ0n) is 11.7. The van der Waals surface area contributed by atoms with E-state index in [0.29, 0.717) is 5.69 Å². The van der Waals surface area contributed by atoms with Gasteiger partial charge in [0.05, 0.1) is 17.6 Å². The number of pyridine rings is 1. The fourth-order valence-corrected chi connectivity index (χ4v) is 2.19. The van der Waals surface area contributed by atoms with Gasteiger partial charge in [-0.05, 0) is 31.5 Å². The van der Waals surface area contributed by atoms with E-state index in [1.807, 2.05) is 39.2 Å². The van der Waals surface area contributed by atoms with Crippen molar-refractivity contribution in [2.24, 2.45) is 7.05 Å². The molecular formula is C14H16N6. The molecule has 102 valence electrons. The van der Waals surface area contributed by atoms with Crippen LogP contribution < -0.4 is 5.73 Å². The minimum atomic E-state index is 0.615. The summed E-state index contributed by atoms with van der Waals surface area (Å²) in [5.41, 5.74) is 10.4. The van der Waals surface area contributed by atoms with E-state index in [2.05, 4.69) is 15.2 Å². The molecule has 0 aliphatic rings. The lowest BCUT2D eigenvalue weighted by Crippen LogP contribution is -1.98. The first kappa shape index (κ1) is 12.4. The van der Waals surface area contributed by atoms with E-state index < -0.39 is 0 Å². The summed E-state index contributed by atoms with van der Waals surface area (Å²) < 4.78 is 3.46. The van der Waals surface area contributed by atoms with Crippen molar-refractivity contribution in [3.05, 3.63) is 42.0 Å². The summed E-state index contributed by atoms with van der Waals surface area (Å²) in [5.74, 6) is 0.754. The Morgan fingerprint density at radius 1 is 1.15 bits per heavy atom. The van der Waals surface area contributed by atoms with Gasteiger partial charge in [0.1, 0.15) is 5.69 Å². The van der Waals surface area contributed by atoms with Crippen molar-refractivity contribution in [1.82, 2.24) is 24.5 Å². The van der Waals surface area contributed by atoms with Crippen LogP contribution in [0, 0.1) is 13.8 Å². The van der Waals surface area contributed by atoms with Crippen molar-refractivity contribution in [2.45, 2.75) is 13.8 Å². The molecule has 0 spiro atoms. The number of hydrogen-bond acceptors (Lipinski definition) is 4. The first-order valence-corrected chi connectivity index (χ1v) is 6.33. The van der Waals surface area contributed by atoms with Crippen LogP contribution in [0.25, 0.3) is 17.1 Å². The Hall–Kier alpha value is -2.63. The van der Waals surface area contributed by atoms with E-state index in [0.717, 1.165) is 28.3 Å². The minimum absolute atomic E-state index is 0.615. The van der Waals surface area contributed by atoms with E-state index in [1.165, 1.54) is 0 Å². The van der Waals surface area contributed by atoms with Crippen LogP contribution in [0.4, 0.5) is 5.69 Å². The summed E-state index contributed by atoms with van der Waals surface area (Å²) >= 11 is 0. The molecule has 0 aliphatic carbocycles. The molecule has 6 nitrogen and oxygen atoms in total. The number of anilines is 1. The average molecular weight is 268 g/mol. The summed E-state index contributed by atoms with van der Waals surface area (Å²) in [4.78, 5) is 4.31. The van der Waals surface area contributed by atoms with Gasteiger partial charge in [-0.25, -0.2) is 9.67 Å². The Bertz CT molecular complexity index is 768.